The van der Waals surface area contributed by atoms with Crippen molar-refractivity contribution in [2.75, 3.05) is 25.5 Å². The molecule has 0 spiro atoms. The summed E-state index contributed by atoms with van der Waals surface area (Å²) >= 11 is 0. The molecule has 148 valence electrons. The molecule has 0 aliphatic rings. The molecule has 3 heterocycles. The van der Waals surface area contributed by atoms with E-state index in [0.29, 0.717) is 35.8 Å². The number of carbonyl (C=O) groups excluding carboxylic acids is 1. The fraction of sp³-hybridized carbons (Fsp3) is 0.368. The molecular formula is C19H23FN6O2. The molecule has 0 fully saturated rings. The van der Waals surface area contributed by atoms with Gasteiger partial charge in [0, 0.05) is 38.0 Å². The molecule has 0 bridgehead atoms. The topological polar surface area (TPSA) is 84.6 Å². The Hall–Kier alpha value is -3.23. The normalized spacial score (nSPS) is 11.5. The number of halogens is 1. The highest BCUT2D eigenvalue weighted by Gasteiger charge is 2.19. The number of likely N-dealkylation sites (N-methyl/N-ethyl adjacent to an activating group) is 1. The first kappa shape index (κ1) is 19.5. The first-order valence-electron chi connectivity index (χ1n) is 8.88. The second-order valence-electron chi connectivity index (χ2n) is 7.33. The van der Waals surface area contributed by atoms with Gasteiger partial charge in [-0.05, 0) is 39.0 Å². The van der Waals surface area contributed by atoms with E-state index >= 15 is 0 Å². The summed E-state index contributed by atoms with van der Waals surface area (Å²) in [5.74, 6) is 0.0470. The largest absolute Gasteiger partial charge is 0.444 e. The number of nitrogens with one attached hydrogen (secondary N) is 1. The van der Waals surface area contributed by atoms with Crippen molar-refractivity contribution in [2.24, 2.45) is 0 Å². The van der Waals surface area contributed by atoms with Gasteiger partial charge in [0.25, 0.3) is 0 Å². The van der Waals surface area contributed by atoms with Gasteiger partial charge in [0.1, 0.15) is 11.4 Å². The quantitative estimate of drug-likeness (QED) is 0.678. The molecule has 8 nitrogen and oxygen atoms in total. The van der Waals surface area contributed by atoms with Gasteiger partial charge in [-0.15, -0.1) is 5.10 Å². The van der Waals surface area contributed by atoms with Crippen LogP contribution in [0.1, 0.15) is 20.8 Å². The highest BCUT2D eigenvalue weighted by atomic mass is 19.1. The van der Waals surface area contributed by atoms with Crippen molar-refractivity contribution in [3.63, 3.8) is 0 Å². The maximum Gasteiger partial charge on any atom is 0.410 e. The highest BCUT2D eigenvalue weighted by Crippen LogP contribution is 2.20. The van der Waals surface area contributed by atoms with E-state index in [4.69, 9.17) is 4.74 Å². The predicted molar refractivity (Wildman–Crippen MR) is 104 cm³/mol. The molecule has 0 unspecified atom stereocenters. The first-order valence-corrected chi connectivity index (χ1v) is 8.88. The van der Waals surface area contributed by atoms with E-state index in [9.17, 15) is 9.18 Å². The summed E-state index contributed by atoms with van der Waals surface area (Å²) in [6, 6.07) is 6.64. The molecule has 0 aromatic carbocycles. The molecule has 0 saturated heterocycles. The SMILES string of the molecule is CN(CCNc1ccc2ncc(-c3ccnc(F)c3)n2n1)C(=O)OC(C)(C)C. The molecule has 9 heteroatoms. The molecule has 0 saturated carbocycles. The van der Waals surface area contributed by atoms with Crippen molar-refractivity contribution in [3.05, 3.63) is 42.6 Å². The van der Waals surface area contributed by atoms with Crippen molar-refractivity contribution in [1.29, 1.82) is 0 Å². The number of ether oxygens (including phenoxy) is 1. The number of anilines is 1. The summed E-state index contributed by atoms with van der Waals surface area (Å²) in [5.41, 5.74) is 1.40. The number of nitrogens with zero attached hydrogens (tertiary/aromatic N) is 5. The van der Waals surface area contributed by atoms with E-state index < -0.39 is 11.5 Å². The van der Waals surface area contributed by atoms with Crippen LogP contribution in [0, 0.1) is 5.95 Å². The van der Waals surface area contributed by atoms with Crippen molar-refractivity contribution in [3.8, 4) is 11.3 Å². The number of carbonyl (C=O) groups is 1. The highest BCUT2D eigenvalue weighted by molar-refractivity contribution is 5.67. The molecule has 3 aromatic heterocycles. The van der Waals surface area contributed by atoms with E-state index in [1.54, 1.807) is 29.9 Å². The molecule has 1 amide bonds. The Labute approximate surface area is 162 Å². The van der Waals surface area contributed by atoms with Crippen LogP contribution < -0.4 is 5.32 Å². The Morgan fingerprint density at radius 3 is 2.79 bits per heavy atom. The second kappa shape index (κ2) is 7.79. The lowest BCUT2D eigenvalue weighted by atomic mass is 10.2. The van der Waals surface area contributed by atoms with Gasteiger partial charge in [-0.25, -0.2) is 19.3 Å². The lowest BCUT2D eigenvalue weighted by Gasteiger charge is -2.24. The minimum absolute atomic E-state index is 0.380. The maximum atomic E-state index is 13.4. The number of imidazole rings is 1. The lowest BCUT2D eigenvalue weighted by molar-refractivity contribution is 0.0305. The molecule has 0 aliphatic heterocycles. The summed E-state index contributed by atoms with van der Waals surface area (Å²) in [6.07, 6.45) is 2.66. The van der Waals surface area contributed by atoms with Crippen LogP contribution in [0.25, 0.3) is 16.9 Å². The standard InChI is InChI=1S/C19H23FN6O2/c1-19(2,3)28-18(27)25(4)10-9-22-16-5-6-17-23-12-14(26(17)24-16)13-7-8-21-15(20)11-13/h5-8,11-12H,9-10H2,1-4H3,(H,22,24). The van der Waals surface area contributed by atoms with E-state index in [0.717, 1.165) is 0 Å². The number of aromatic nitrogens is 4. The van der Waals surface area contributed by atoms with Crippen LogP contribution in [-0.2, 0) is 4.74 Å². The third kappa shape index (κ3) is 4.73. The van der Waals surface area contributed by atoms with Gasteiger partial charge in [-0.1, -0.05) is 0 Å². The zero-order valence-corrected chi connectivity index (χ0v) is 16.3. The van der Waals surface area contributed by atoms with Crippen molar-refractivity contribution >= 4 is 17.6 Å². The number of hydrogen-bond donors (Lipinski definition) is 1. The summed E-state index contributed by atoms with van der Waals surface area (Å²) in [5, 5.41) is 7.68. The molecule has 0 radical (unpaired) electrons. The van der Waals surface area contributed by atoms with Gasteiger partial charge in [-0.3, -0.25) is 0 Å². The number of pyridine rings is 1. The monoisotopic (exact) mass is 386 g/mol. The zero-order chi connectivity index (χ0) is 20.3. The van der Waals surface area contributed by atoms with E-state index in [1.807, 2.05) is 26.8 Å². The second-order valence-corrected chi connectivity index (χ2v) is 7.33. The fourth-order valence-corrected chi connectivity index (χ4v) is 2.51. The molecular weight excluding hydrogens is 363 g/mol. The van der Waals surface area contributed by atoms with Crippen molar-refractivity contribution in [1.82, 2.24) is 24.5 Å². The Morgan fingerprint density at radius 1 is 1.29 bits per heavy atom. The van der Waals surface area contributed by atoms with Crippen LogP contribution in [0.2, 0.25) is 0 Å². The van der Waals surface area contributed by atoms with Crippen LogP contribution in [0.4, 0.5) is 15.0 Å². The molecule has 3 aromatic rings. The van der Waals surface area contributed by atoms with E-state index in [1.165, 1.54) is 17.2 Å². The van der Waals surface area contributed by atoms with E-state index in [2.05, 4.69) is 20.4 Å². The first-order chi connectivity index (χ1) is 13.2. The fourth-order valence-electron chi connectivity index (χ4n) is 2.51. The van der Waals surface area contributed by atoms with Crippen LogP contribution in [0.5, 0.6) is 0 Å². The average molecular weight is 386 g/mol. The third-order valence-corrected chi connectivity index (χ3v) is 3.84. The predicted octanol–water partition coefficient (Wildman–Crippen LogP) is 3.21. The Morgan fingerprint density at radius 2 is 2.07 bits per heavy atom. The van der Waals surface area contributed by atoms with E-state index in [-0.39, 0.29) is 6.09 Å². The van der Waals surface area contributed by atoms with Crippen molar-refractivity contribution < 1.29 is 13.9 Å². The summed E-state index contributed by atoms with van der Waals surface area (Å²) in [6.45, 7) is 6.41. The maximum absolute atomic E-state index is 13.4. The van der Waals surface area contributed by atoms with Crippen LogP contribution in [0.15, 0.2) is 36.7 Å². The number of rotatable bonds is 5. The van der Waals surface area contributed by atoms with Crippen LogP contribution in [-0.4, -0.2) is 56.3 Å². The Bertz CT molecular complexity index is 982. The van der Waals surface area contributed by atoms with Gasteiger partial charge in [0.05, 0.1) is 11.9 Å². The average Bonchev–Trinajstić information content (AvgIpc) is 3.03. The van der Waals surface area contributed by atoms with Gasteiger partial charge in [-0.2, -0.15) is 4.39 Å². The van der Waals surface area contributed by atoms with Gasteiger partial charge < -0.3 is 15.0 Å². The molecule has 3 rings (SSSR count). The van der Waals surface area contributed by atoms with Gasteiger partial charge in [0.2, 0.25) is 5.95 Å². The number of fused-ring (bicyclic) bond motifs is 1. The Kier molecular flexibility index (Phi) is 5.43. The number of hydrogen-bond acceptors (Lipinski definition) is 6. The Balaban J connectivity index is 1.68. The molecule has 28 heavy (non-hydrogen) atoms. The van der Waals surface area contributed by atoms with Crippen LogP contribution >= 0.6 is 0 Å². The summed E-state index contributed by atoms with van der Waals surface area (Å²) in [4.78, 5) is 21.3. The van der Waals surface area contributed by atoms with Gasteiger partial charge >= 0.3 is 6.09 Å². The minimum Gasteiger partial charge on any atom is -0.444 e. The third-order valence-electron chi connectivity index (χ3n) is 3.84. The minimum atomic E-state index is -0.563. The van der Waals surface area contributed by atoms with Crippen LogP contribution in [0.3, 0.4) is 0 Å². The smallest absolute Gasteiger partial charge is 0.410 e. The van der Waals surface area contributed by atoms with Crippen molar-refractivity contribution in [2.45, 2.75) is 26.4 Å². The number of amides is 1. The molecule has 1 N–H and O–H groups in total. The molecule has 0 atom stereocenters. The lowest BCUT2D eigenvalue weighted by Crippen LogP contribution is -2.36. The molecule has 0 aliphatic carbocycles. The van der Waals surface area contributed by atoms with Gasteiger partial charge in [0.15, 0.2) is 5.65 Å². The summed E-state index contributed by atoms with van der Waals surface area (Å²) < 4.78 is 20.4. The zero-order valence-electron chi connectivity index (χ0n) is 16.3. The summed E-state index contributed by atoms with van der Waals surface area (Å²) in [7, 11) is 1.68.